The van der Waals surface area contributed by atoms with Crippen molar-refractivity contribution in [1.29, 1.82) is 0 Å². The first-order chi connectivity index (χ1) is 10.4. The summed E-state index contributed by atoms with van der Waals surface area (Å²) < 4.78 is 12.5. The fourth-order valence-corrected chi connectivity index (χ4v) is 2.82. The van der Waals surface area contributed by atoms with Crippen molar-refractivity contribution in [3.05, 3.63) is 54.6 Å². The molecule has 4 heteroatoms. The number of rotatable bonds is 7. The van der Waals surface area contributed by atoms with Gasteiger partial charge in [-0.15, -0.1) is 0 Å². The zero-order chi connectivity index (χ0) is 14.3. The molecule has 0 amide bonds. The molecular formula is C17H17NO2S. The fourth-order valence-electron chi connectivity index (χ4n) is 1.98. The second-order valence-corrected chi connectivity index (χ2v) is 5.66. The largest absolute Gasteiger partial charge is 0.494 e. The molecule has 1 aromatic heterocycles. The Bertz CT molecular complexity index is 648. The molecule has 3 rings (SSSR count). The number of ether oxygens (including phenoxy) is 2. The lowest BCUT2D eigenvalue weighted by Crippen LogP contribution is -2.02. The summed E-state index contributed by atoms with van der Waals surface area (Å²) in [5.74, 6) is 0.921. The van der Waals surface area contributed by atoms with Crippen LogP contribution in [0.2, 0.25) is 0 Å². The lowest BCUT2D eigenvalue weighted by Gasteiger charge is -2.05. The van der Waals surface area contributed by atoms with E-state index in [0.29, 0.717) is 13.2 Å². The van der Waals surface area contributed by atoms with Gasteiger partial charge in [0.2, 0.25) is 0 Å². The monoisotopic (exact) mass is 299 g/mol. The number of nitrogens with zero attached hydrogens (tertiary/aromatic N) is 1. The molecule has 0 atom stereocenters. The van der Waals surface area contributed by atoms with Crippen LogP contribution in [0.3, 0.4) is 0 Å². The minimum Gasteiger partial charge on any atom is -0.494 e. The first kappa shape index (κ1) is 13.9. The van der Waals surface area contributed by atoms with E-state index in [0.717, 1.165) is 29.3 Å². The molecule has 0 fully saturated rings. The van der Waals surface area contributed by atoms with Gasteiger partial charge in [-0.3, -0.25) is 0 Å². The molecule has 0 saturated heterocycles. The van der Waals surface area contributed by atoms with E-state index in [1.807, 2.05) is 48.5 Å². The van der Waals surface area contributed by atoms with E-state index in [-0.39, 0.29) is 0 Å². The number of aromatic nitrogens is 1. The lowest BCUT2D eigenvalue weighted by atomic mass is 10.3. The smallest absolute Gasteiger partial charge is 0.274 e. The van der Waals surface area contributed by atoms with E-state index < -0.39 is 0 Å². The van der Waals surface area contributed by atoms with Gasteiger partial charge in [0.25, 0.3) is 5.19 Å². The Morgan fingerprint density at radius 2 is 1.52 bits per heavy atom. The van der Waals surface area contributed by atoms with Gasteiger partial charge < -0.3 is 9.47 Å². The summed E-state index contributed by atoms with van der Waals surface area (Å²) in [7, 11) is 0. The highest BCUT2D eigenvalue weighted by Crippen LogP contribution is 2.27. The molecule has 0 saturated carbocycles. The molecule has 0 bridgehead atoms. The Kier molecular flexibility index (Phi) is 4.69. The summed E-state index contributed by atoms with van der Waals surface area (Å²) in [4.78, 5) is 4.44. The van der Waals surface area contributed by atoms with Crippen LogP contribution < -0.4 is 9.47 Å². The highest BCUT2D eigenvalue weighted by molar-refractivity contribution is 7.20. The van der Waals surface area contributed by atoms with Gasteiger partial charge in [-0.2, -0.15) is 0 Å². The van der Waals surface area contributed by atoms with Crippen LogP contribution in [-0.4, -0.2) is 18.2 Å². The molecule has 0 unspecified atom stereocenters. The van der Waals surface area contributed by atoms with E-state index in [9.17, 15) is 0 Å². The Morgan fingerprint density at radius 1 is 0.810 bits per heavy atom. The topological polar surface area (TPSA) is 31.4 Å². The maximum Gasteiger partial charge on any atom is 0.274 e. The molecule has 0 radical (unpaired) electrons. The third-order valence-electron chi connectivity index (χ3n) is 3.05. The molecule has 0 aliphatic heterocycles. The second-order valence-electron chi connectivity index (χ2n) is 4.66. The van der Waals surface area contributed by atoms with Crippen molar-refractivity contribution in [3.8, 4) is 10.9 Å². The maximum absolute atomic E-state index is 5.70. The van der Waals surface area contributed by atoms with Crippen molar-refractivity contribution >= 4 is 21.6 Å². The Hall–Kier alpha value is -2.07. The summed E-state index contributed by atoms with van der Waals surface area (Å²) in [5.41, 5.74) is 1.00. The third kappa shape index (κ3) is 3.95. The standard InChI is InChI=1S/C17H17NO2S/c1-2-8-14(9-3-1)19-12-6-7-13-20-17-18-15-10-4-5-11-16(15)21-17/h1-5,8-11H,6-7,12-13H2. The normalized spacial score (nSPS) is 10.7. The Balaban J connectivity index is 1.36. The van der Waals surface area contributed by atoms with Crippen molar-refractivity contribution in [2.45, 2.75) is 12.8 Å². The summed E-state index contributed by atoms with van der Waals surface area (Å²) >= 11 is 1.59. The van der Waals surface area contributed by atoms with Gasteiger partial charge >= 0.3 is 0 Å². The number of fused-ring (bicyclic) bond motifs is 1. The van der Waals surface area contributed by atoms with Gasteiger partial charge in [0.1, 0.15) is 5.75 Å². The minimum atomic E-state index is 0.679. The quantitative estimate of drug-likeness (QED) is 0.600. The average Bonchev–Trinajstić information content (AvgIpc) is 2.94. The molecule has 3 aromatic rings. The zero-order valence-corrected chi connectivity index (χ0v) is 12.5. The minimum absolute atomic E-state index is 0.679. The summed E-state index contributed by atoms with van der Waals surface area (Å²) in [5, 5.41) is 0.750. The predicted molar refractivity (Wildman–Crippen MR) is 86.3 cm³/mol. The van der Waals surface area contributed by atoms with Crippen LogP contribution in [-0.2, 0) is 0 Å². The van der Waals surface area contributed by atoms with Crippen LogP contribution in [0.1, 0.15) is 12.8 Å². The van der Waals surface area contributed by atoms with Crippen LogP contribution in [0.25, 0.3) is 10.2 Å². The molecule has 1 heterocycles. The van der Waals surface area contributed by atoms with Crippen LogP contribution in [0.15, 0.2) is 54.6 Å². The maximum atomic E-state index is 5.70. The molecular weight excluding hydrogens is 282 g/mol. The Morgan fingerprint density at radius 3 is 2.33 bits per heavy atom. The van der Waals surface area contributed by atoms with Crippen LogP contribution in [0, 0.1) is 0 Å². The molecule has 108 valence electrons. The SMILES string of the molecule is c1ccc(OCCCCOc2nc3ccccc3s2)cc1. The average molecular weight is 299 g/mol. The zero-order valence-electron chi connectivity index (χ0n) is 11.7. The van der Waals surface area contributed by atoms with Gasteiger partial charge in [-0.05, 0) is 37.1 Å². The molecule has 2 aromatic carbocycles. The first-order valence-electron chi connectivity index (χ1n) is 7.08. The van der Waals surface area contributed by atoms with Gasteiger partial charge in [-0.1, -0.05) is 41.7 Å². The molecule has 0 spiro atoms. The number of para-hydroxylation sites is 2. The number of hydrogen-bond acceptors (Lipinski definition) is 4. The highest BCUT2D eigenvalue weighted by Gasteiger charge is 2.03. The third-order valence-corrected chi connectivity index (χ3v) is 4.00. The van der Waals surface area contributed by atoms with Gasteiger partial charge in [0, 0.05) is 0 Å². The number of thiazole rings is 1. The molecule has 21 heavy (non-hydrogen) atoms. The molecule has 0 aliphatic rings. The number of hydrogen-bond donors (Lipinski definition) is 0. The van der Waals surface area contributed by atoms with Crippen LogP contribution >= 0.6 is 11.3 Å². The van der Waals surface area contributed by atoms with Crippen molar-refractivity contribution in [2.75, 3.05) is 13.2 Å². The second kappa shape index (κ2) is 7.09. The van der Waals surface area contributed by atoms with Crippen LogP contribution in [0.5, 0.6) is 10.9 Å². The van der Waals surface area contributed by atoms with Crippen molar-refractivity contribution in [2.24, 2.45) is 0 Å². The number of unbranched alkanes of at least 4 members (excludes halogenated alkanes) is 1. The van der Waals surface area contributed by atoms with Gasteiger partial charge in [0.05, 0.1) is 23.4 Å². The van der Waals surface area contributed by atoms with Gasteiger partial charge in [0.15, 0.2) is 0 Å². The molecule has 0 aliphatic carbocycles. The lowest BCUT2D eigenvalue weighted by molar-refractivity contribution is 0.266. The summed E-state index contributed by atoms with van der Waals surface area (Å²) in [6.07, 6.45) is 1.93. The van der Waals surface area contributed by atoms with E-state index in [1.165, 1.54) is 4.70 Å². The van der Waals surface area contributed by atoms with E-state index in [1.54, 1.807) is 11.3 Å². The highest BCUT2D eigenvalue weighted by atomic mass is 32.1. The molecule has 0 N–H and O–H groups in total. The summed E-state index contributed by atoms with van der Waals surface area (Å²) in [6, 6.07) is 18.0. The van der Waals surface area contributed by atoms with Gasteiger partial charge in [-0.25, -0.2) is 4.98 Å². The van der Waals surface area contributed by atoms with Crippen molar-refractivity contribution in [1.82, 2.24) is 4.98 Å². The first-order valence-corrected chi connectivity index (χ1v) is 7.90. The van der Waals surface area contributed by atoms with E-state index in [2.05, 4.69) is 11.1 Å². The fraction of sp³-hybridized carbons (Fsp3) is 0.235. The van der Waals surface area contributed by atoms with Crippen molar-refractivity contribution < 1.29 is 9.47 Å². The number of benzene rings is 2. The van der Waals surface area contributed by atoms with Crippen molar-refractivity contribution in [3.63, 3.8) is 0 Å². The van der Waals surface area contributed by atoms with E-state index in [4.69, 9.17) is 9.47 Å². The molecule has 3 nitrogen and oxygen atoms in total. The Labute approximate surface area is 128 Å². The predicted octanol–water partition coefficient (Wildman–Crippen LogP) is 4.53. The van der Waals surface area contributed by atoms with E-state index >= 15 is 0 Å². The summed E-state index contributed by atoms with van der Waals surface area (Å²) in [6.45, 7) is 1.39. The van der Waals surface area contributed by atoms with Crippen LogP contribution in [0.4, 0.5) is 0 Å².